The van der Waals surface area contributed by atoms with Gasteiger partial charge in [-0.2, -0.15) is 4.80 Å². The lowest BCUT2D eigenvalue weighted by Crippen LogP contribution is -2.30. The van der Waals surface area contributed by atoms with Crippen LogP contribution in [0.3, 0.4) is 0 Å². The number of hydrogen-bond acceptors (Lipinski definition) is 5. The molecule has 118 valence electrons. The molecule has 3 rings (SSSR count). The number of hydrogen-bond donors (Lipinski definition) is 0. The first-order valence-electron chi connectivity index (χ1n) is 6.92. The van der Waals surface area contributed by atoms with Gasteiger partial charge in [-0.05, 0) is 28.8 Å². The minimum atomic E-state index is -0.370. The maximum absolute atomic E-state index is 13.2. The van der Waals surface area contributed by atoms with Crippen molar-refractivity contribution in [2.75, 3.05) is 7.05 Å². The summed E-state index contributed by atoms with van der Waals surface area (Å²) >= 11 is 1.60. The average molecular weight is 331 g/mol. The number of carbonyl (C=O) groups excluding carboxylic acids is 1. The zero-order valence-corrected chi connectivity index (χ0v) is 13.2. The van der Waals surface area contributed by atoms with Gasteiger partial charge in [0.25, 0.3) is 0 Å². The van der Waals surface area contributed by atoms with E-state index in [0.29, 0.717) is 17.9 Å². The smallest absolute Gasteiger partial charge is 0.246 e. The van der Waals surface area contributed by atoms with Gasteiger partial charge < -0.3 is 4.90 Å². The molecule has 1 amide bonds. The SMILES string of the molecule is CN(Cc1cccs1)C(=O)Cn1nnc(-c2cccc(F)c2)n1. The van der Waals surface area contributed by atoms with E-state index < -0.39 is 0 Å². The number of rotatable bonds is 5. The first kappa shape index (κ1) is 15.3. The molecule has 0 aliphatic heterocycles. The summed E-state index contributed by atoms with van der Waals surface area (Å²) in [6.07, 6.45) is 0. The summed E-state index contributed by atoms with van der Waals surface area (Å²) in [6, 6.07) is 9.86. The molecule has 3 aromatic rings. The van der Waals surface area contributed by atoms with Crippen molar-refractivity contribution in [2.24, 2.45) is 0 Å². The molecule has 8 heteroatoms. The number of halogens is 1. The third-order valence-electron chi connectivity index (χ3n) is 3.21. The molecule has 0 radical (unpaired) electrons. The lowest BCUT2D eigenvalue weighted by molar-refractivity contribution is -0.131. The highest BCUT2D eigenvalue weighted by atomic mass is 32.1. The fraction of sp³-hybridized carbons (Fsp3) is 0.200. The Kier molecular flexibility index (Phi) is 4.42. The fourth-order valence-electron chi connectivity index (χ4n) is 2.02. The van der Waals surface area contributed by atoms with Crippen LogP contribution in [0, 0.1) is 5.82 Å². The van der Waals surface area contributed by atoms with E-state index in [1.54, 1.807) is 35.4 Å². The van der Waals surface area contributed by atoms with E-state index in [1.807, 2.05) is 17.5 Å². The van der Waals surface area contributed by atoms with E-state index >= 15 is 0 Å². The highest BCUT2D eigenvalue weighted by Crippen LogP contribution is 2.14. The van der Waals surface area contributed by atoms with Crippen molar-refractivity contribution in [3.8, 4) is 11.4 Å². The Morgan fingerprint density at radius 1 is 1.35 bits per heavy atom. The summed E-state index contributed by atoms with van der Waals surface area (Å²) in [7, 11) is 1.73. The Morgan fingerprint density at radius 2 is 2.22 bits per heavy atom. The van der Waals surface area contributed by atoms with E-state index in [-0.39, 0.29) is 18.3 Å². The van der Waals surface area contributed by atoms with Crippen LogP contribution in [0.5, 0.6) is 0 Å². The predicted octanol–water partition coefficient (Wildman–Crippen LogP) is 2.20. The van der Waals surface area contributed by atoms with Crippen LogP contribution in [0.4, 0.5) is 4.39 Å². The lowest BCUT2D eigenvalue weighted by Gasteiger charge is -2.15. The van der Waals surface area contributed by atoms with Gasteiger partial charge in [0.15, 0.2) is 0 Å². The molecule has 6 nitrogen and oxygen atoms in total. The third-order valence-corrected chi connectivity index (χ3v) is 4.07. The summed E-state index contributed by atoms with van der Waals surface area (Å²) in [6.45, 7) is 0.534. The molecular weight excluding hydrogens is 317 g/mol. The summed E-state index contributed by atoms with van der Waals surface area (Å²) in [5.41, 5.74) is 0.524. The highest BCUT2D eigenvalue weighted by molar-refractivity contribution is 7.09. The Morgan fingerprint density at radius 3 is 2.96 bits per heavy atom. The van der Waals surface area contributed by atoms with Crippen LogP contribution < -0.4 is 0 Å². The second-order valence-corrected chi connectivity index (χ2v) is 6.02. The molecule has 23 heavy (non-hydrogen) atoms. The molecule has 0 fully saturated rings. The van der Waals surface area contributed by atoms with Crippen LogP contribution in [0.25, 0.3) is 11.4 Å². The van der Waals surface area contributed by atoms with Crippen LogP contribution >= 0.6 is 11.3 Å². The molecule has 0 saturated carbocycles. The van der Waals surface area contributed by atoms with Gasteiger partial charge >= 0.3 is 0 Å². The van der Waals surface area contributed by atoms with Gasteiger partial charge in [-0.15, -0.1) is 21.5 Å². The molecule has 0 spiro atoms. The van der Waals surface area contributed by atoms with Gasteiger partial charge in [0.2, 0.25) is 11.7 Å². The Labute approximate surface area is 136 Å². The normalized spacial score (nSPS) is 10.7. The Bertz CT molecular complexity index is 802. The fourth-order valence-corrected chi connectivity index (χ4v) is 2.78. The maximum Gasteiger partial charge on any atom is 0.246 e. The van der Waals surface area contributed by atoms with E-state index in [9.17, 15) is 9.18 Å². The number of aromatic nitrogens is 4. The van der Waals surface area contributed by atoms with Crippen LogP contribution in [-0.4, -0.2) is 38.1 Å². The van der Waals surface area contributed by atoms with Crippen LogP contribution in [0.15, 0.2) is 41.8 Å². The van der Waals surface area contributed by atoms with Crippen molar-refractivity contribution in [3.05, 3.63) is 52.5 Å². The van der Waals surface area contributed by atoms with Crippen LogP contribution in [-0.2, 0) is 17.9 Å². The number of tetrazole rings is 1. The summed E-state index contributed by atoms with van der Waals surface area (Å²) in [5, 5.41) is 13.8. The Hall–Kier alpha value is -2.61. The molecule has 2 aromatic heterocycles. The Balaban J connectivity index is 1.65. The van der Waals surface area contributed by atoms with Crippen molar-refractivity contribution in [3.63, 3.8) is 0 Å². The molecule has 0 aliphatic carbocycles. The van der Waals surface area contributed by atoms with E-state index in [4.69, 9.17) is 0 Å². The second kappa shape index (κ2) is 6.66. The monoisotopic (exact) mass is 331 g/mol. The zero-order valence-electron chi connectivity index (χ0n) is 12.4. The number of carbonyl (C=O) groups is 1. The standard InChI is InChI=1S/C15H14FN5OS/c1-20(9-13-6-3-7-23-13)14(22)10-21-18-15(17-19-21)11-4-2-5-12(16)8-11/h2-8H,9-10H2,1H3. The first-order chi connectivity index (χ1) is 11.1. The number of thiophene rings is 1. The zero-order chi connectivity index (χ0) is 16.2. The van der Waals surface area contributed by atoms with Gasteiger partial charge in [0.05, 0.1) is 6.54 Å². The highest BCUT2D eigenvalue weighted by Gasteiger charge is 2.14. The molecule has 0 aliphatic rings. The van der Waals surface area contributed by atoms with Gasteiger partial charge in [-0.25, -0.2) is 4.39 Å². The molecule has 2 heterocycles. The summed E-state index contributed by atoms with van der Waals surface area (Å²) in [4.78, 5) is 16.1. The number of amides is 1. The van der Waals surface area contributed by atoms with Crippen molar-refractivity contribution in [2.45, 2.75) is 13.1 Å². The predicted molar refractivity (Wildman–Crippen MR) is 84.0 cm³/mol. The quantitative estimate of drug-likeness (QED) is 0.719. The van der Waals surface area contributed by atoms with Gasteiger partial charge in [0, 0.05) is 17.5 Å². The minimum Gasteiger partial charge on any atom is -0.339 e. The number of nitrogens with zero attached hydrogens (tertiary/aromatic N) is 5. The van der Waals surface area contributed by atoms with Gasteiger partial charge in [0.1, 0.15) is 12.4 Å². The molecule has 0 saturated heterocycles. The molecule has 1 aromatic carbocycles. The average Bonchev–Trinajstić information content (AvgIpc) is 3.19. The molecular formula is C15H14FN5OS. The van der Waals surface area contributed by atoms with Crippen LogP contribution in [0.1, 0.15) is 4.88 Å². The van der Waals surface area contributed by atoms with E-state index in [2.05, 4.69) is 15.4 Å². The molecule has 0 N–H and O–H groups in total. The number of benzene rings is 1. The van der Waals surface area contributed by atoms with E-state index in [0.717, 1.165) is 4.88 Å². The van der Waals surface area contributed by atoms with Gasteiger partial charge in [-0.3, -0.25) is 4.79 Å². The summed E-state index contributed by atoms with van der Waals surface area (Å²) in [5.74, 6) is -0.203. The maximum atomic E-state index is 13.2. The minimum absolute atomic E-state index is 0.00973. The molecule has 0 bridgehead atoms. The van der Waals surface area contributed by atoms with Crippen molar-refractivity contribution in [1.29, 1.82) is 0 Å². The largest absolute Gasteiger partial charge is 0.339 e. The van der Waals surface area contributed by atoms with E-state index in [1.165, 1.54) is 16.9 Å². The molecule has 0 unspecified atom stereocenters. The van der Waals surface area contributed by atoms with Gasteiger partial charge in [-0.1, -0.05) is 18.2 Å². The van der Waals surface area contributed by atoms with Crippen molar-refractivity contribution >= 4 is 17.2 Å². The number of likely N-dealkylation sites (N-methyl/N-ethyl adjacent to an activating group) is 1. The second-order valence-electron chi connectivity index (χ2n) is 4.98. The topological polar surface area (TPSA) is 63.9 Å². The lowest BCUT2D eigenvalue weighted by atomic mass is 10.2. The summed E-state index contributed by atoms with van der Waals surface area (Å²) < 4.78 is 13.2. The van der Waals surface area contributed by atoms with Crippen molar-refractivity contribution < 1.29 is 9.18 Å². The van der Waals surface area contributed by atoms with Crippen LogP contribution in [0.2, 0.25) is 0 Å². The first-order valence-corrected chi connectivity index (χ1v) is 7.80. The third kappa shape index (κ3) is 3.78. The molecule has 0 atom stereocenters. The van der Waals surface area contributed by atoms with Crippen molar-refractivity contribution in [1.82, 2.24) is 25.1 Å².